The molecule has 1 heterocycles. The highest BCUT2D eigenvalue weighted by Gasteiger charge is 2.14. The van der Waals surface area contributed by atoms with E-state index >= 15 is 0 Å². The van der Waals surface area contributed by atoms with Crippen LogP contribution in [0.2, 0.25) is 0 Å². The van der Waals surface area contributed by atoms with E-state index in [2.05, 4.69) is 10.3 Å². The number of fused-ring (bicyclic) bond motifs is 1. The third-order valence-electron chi connectivity index (χ3n) is 3.08. The summed E-state index contributed by atoms with van der Waals surface area (Å²) in [6, 6.07) is 7.60. The fourth-order valence-electron chi connectivity index (χ4n) is 2.17. The summed E-state index contributed by atoms with van der Waals surface area (Å²) >= 11 is 0. The summed E-state index contributed by atoms with van der Waals surface area (Å²) in [4.78, 5) is 26.8. The number of H-pyrrole nitrogens is 1. The highest BCUT2D eigenvalue weighted by Crippen LogP contribution is 2.21. The maximum Gasteiger partial charge on any atom is 0.355 e. The van der Waals surface area contributed by atoms with Gasteiger partial charge in [-0.05, 0) is 45.0 Å². The number of carbonyl (C=O) groups is 2. The van der Waals surface area contributed by atoms with Crippen molar-refractivity contribution < 1.29 is 19.1 Å². The summed E-state index contributed by atoms with van der Waals surface area (Å²) in [7, 11) is 0. The Kier molecular flexibility index (Phi) is 5.41. The van der Waals surface area contributed by atoms with Crippen molar-refractivity contribution in [1.82, 2.24) is 4.98 Å². The molecule has 0 amide bonds. The highest BCUT2D eigenvalue weighted by molar-refractivity contribution is 5.99. The van der Waals surface area contributed by atoms with Crippen molar-refractivity contribution in [3.63, 3.8) is 0 Å². The molecular weight excluding hydrogens is 296 g/mol. The fraction of sp³-hybridized carbons (Fsp3) is 0.294. The number of aromatic amines is 1. The van der Waals surface area contributed by atoms with Crippen LogP contribution in [0.4, 0.5) is 5.69 Å². The van der Waals surface area contributed by atoms with Gasteiger partial charge >= 0.3 is 11.9 Å². The van der Waals surface area contributed by atoms with Crippen molar-refractivity contribution in [2.45, 2.75) is 20.8 Å². The quantitative estimate of drug-likeness (QED) is 0.632. The molecule has 0 bridgehead atoms. The minimum absolute atomic E-state index is 0.0388. The predicted octanol–water partition coefficient (Wildman–Crippen LogP) is 2.90. The lowest BCUT2D eigenvalue weighted by molar-refractivity contribution is -0.140. The average molecular weight is 316 g/mol. The fourth-order valence-corrected chi connectivity index (χ4v) is 2.17. The largest absolute Gasteiger partial charge is 0.463 e. The molecule has 0 radical (unpaired) electrons. The zero-order valence-corrected chi connectivity index (χ0v) is 13.4. The smallest absolute Gasteiger partial charge is 0.355 e. The van der Waals surface area contributed by atoms with Crippen molar-refractivity contribution in [1.29, 1.82) is 0 Å². The average Bonchev–Trinajstić information content (AvgIpc) is 2.86. The van der Waals surface area contributed by atoms with Gasteiger partial charge in [0.1, 0.15) is 5.70 Å². The van der Waals surface area contributed by atoms with Gasteiger partial charge in [0.2, 0.25) is 0 Å². The number of ether oxygens (including phenoxy) is 2. The molecule has 0 atom stereocenters. The minimum atomic E-state index is -0.606. The second-order valence-electron chi connectivity index (χ2n) is 4.91. The van der Waals surface area contributed by atoms with Crippen LogP contribution in [-0.2, 0) is 19.1 Å². The van der Waals surface area contributed by atoms with Gasteiger partial charge in [0.25, 0.3) is 0 Å². The van der Waals surface area contributed by atoms with E-state index in [9.17, 15) is 9.59 Å². The first kappa shape index (κ1) is 16.6. The van der Waals surface area contributed by atoms with Crippen LogP contribution in [0.3, 0.4) is 0 Å². The van der Waals surface area contributed by atoms with Gasteiger partial charge < -0.3 is 19.8 Å². The Bertz CT molecular complexity index is 746. The number of hydrogen-bond donors (Lipinski definition) is 2. The van der Waals surface area contributed by atoms with Crippen LogP contribution in [-0.4, -0.2) is 30.1 Å². The van der Waals surface area contributed by atoms with Crippen molar-refractivity contribution in [3.05, 3.63) is 41.7 Å². The summed E-state index contributed by atoms with van der Waals surface area (Å²) in [5.74, 6) is -1.20. The second kappa shape index (κ2) is 7.49. The topological polar surface area (TPSA) is 80.4 Å². The molecule has 23 heavy (non-hydrogen) atoms. The predicted molar refractivity (Wildman–Crippen MR) is 88.0 cm³/mol. The molecule has 0 aliphatic carbocycles. The molecule has 6 heteroatoms. The first-order valence-corrected chi connectivity index (χ1v) is 7.45. The van der Waals surface area contributed by atoms with Crippen LogP contribution in [0.15, 0.2) is 36.0 Å². The monoisotopic (exact) mass is 316 g/mol. The minimum Gasteiger partial charge on any atom is -0.463 e. The first-order valence-electron chi connectivity index (χ1n) is 7.45. The van der Waals surface area contributed by atoms with Crippen LogP contribution in [0.25, 0.3) is 10.9 Å². The molecule has 6 nitrogen and oxygen atoms in total. The molecular formula is C17H20N2O4. The van der Waals surface area contributed by atoms with Gasteiger partial charge in [-0.25, -0.2) is 9.59 Å². The first-order chi connectivity index (χ1) is 11.0. The zero-order chi connectivity index (χ0) is 16.8. The van der Waals surface area contributed by atoms with Crippen LogP contribution in [0.1, 0.15) is 19.5 Å². The van der Waals surface area contributed by atoms with E-state index in [1.54, 1.807) is 13.8 Å². The van der Waals surface area contributed by atoms with E-state index in [-0.39, 0.29) is 18.9 Å². The molecule has 1 aromatic heterocycles. The van der Waals surface area contributed by atoms with Crippen molar-refractivity contribution in [3.8, 4) is 0 Å². The number of rotatable bonds is 6. The number of aryl methyl sites for hydroxylation is 1. The van der Waals surface area contributed by atoms with E-state index in [1.807, 2.05) is 31.2 Å². The van der Waals surface area contributed by atoms with E-state index in [0.717, 1.165) is 22.7 Å². The lowest BCUT2D eigenvalue weighted by Crippen LogP contribution is -2.17. The lowest BCUT2D eigenvalue weighted by atomic mass is 10.2. The molecule has 1 aromatic carbocycles. The standard InChI is InChI=1S/C17H20N2O4/c1-4-22-16(20)10-15(17(21)23-5-2)19-13-6-7-14-12(9-13)8-11(3)18-14/h6-10,18-19H,4-5H2,1-3H3/b15-10-. The molecule has 0 saturated carbocycles. The molecule has 2 N–H and O–H groups in total. The van der Waals surface area contributed by atoms with Crippen molar-refractivity contribution in [2.75, 3.05) is 18.5 Å². The summed E-state index contributed by atoms with van der Waals surface area (Å²) in [6.07, 6.45) is 1.11. The Hall–Kier alpha value is -2.76. The lowest BCUT2D eigenvalue weighted by Gasteiger charge is -2.10. The Morgan fingerprint density at radius 3 is 2.61 bits per heavy atom. The van der Waals surface area contributed by atoms with Gasteiger partial charge in [0.05, 0.1) is 19.3 Å². The Morgan fingerprint density at radius 1 is 1.17 bits per heavy atom. The summed E-state index contributed by atoms with van der Waals surface area (Å²) in [5.41, 5.74) is 2.77. The molecule has 0 fully saturated rings. The summed E-state index contributed by atoms with van der Waals surface area (Å²) in [5, 5.41) is 3.93. The maximum atomic E-state index is 12.0. The SMILES string of the molecule is CCOC(=O)/C=C(\Nc1ccc2[nH]c(C)cc2c1)C(=O)OCC. The van der Waals surface area contributed by atoms with Gasteiger partial charge in [-0.2, -0.15) is 0 Å². The van der Waals surface area contributed by atoms with E-state index in [0.29, 0.717) is 5.69 Å². The normalized spacial score (nSPS) is 11.3. The van der Waals surface area contributed by atoms with Crippen LogP contribution in [0, 0.1) is 6.92 Å². The summed E-state index contributed by atoms with van der Waals surface area (Å²) < 4.78 is 9.81. The third kappa shape index (κ3) is 4.35. The number of nitrogens with one attached hydrogen (secondary N) is 2. The van der Waals surface area contributed by atoms with Gasteiger partial charge in [-0.15, -0.1) is 0 Å². The Balaban J connectivity index is 2.27. The molecule has 0 saturated heterocycles. The summed E-state index contributed by atoms with van der Waals surface area (Å²) in [6.45, 7) is 5.83. The maximum absolute atomic E-state index is 12.0. The highest BCUT2D eigenvalue weighted by atomic mass is 16.5. The number of aromatic nitrogens is 1. The van der Waals surface area contributed by atoms with E-state index in [4.69, 9.17) is 9.47 Å². The Morgan fingerprint density at radius 2 is 1.91 bits per heavy atom. The molecule has 122 valence electrons. The van der Waals surface area contributed by atoms with Crippen molar-refractivity contribution >= 4 is 28.5 Å². The molecule has 2 rings (SSSR count). The van der Waals surface area contributed by atoms with Gasteiger partial charge in [0, 0.05) is 22.3 Å². The Labute approximate surface area is 134 Å². The number of carbonyl (C=O) groups excluding carboxylic acids is 2. The van der Waals surface area contributed by atoms with Crippen LogP contribution >= 0.6 is 0 Å². The van der Waals surface area contributed by atoms with E-state index in [1.165, 1.54) is 0 Å². The van der Waals surface area contributed by atoms with Crippen LogP contribution in [0.5, 0.6) is 0 Å². The number of anilines is 1. The van der Waals surface area contributed by atoms with Gasteiger partial charge in [-0.1, -0.05) is 0 Å². The van der Waals surface area contributed by atoms with Gasteiger partial charge in [-0.3, -0.25) is 0 Å². The molecule has 0 unspecified atom stereocenters. The molecule has 0 aliphatic rings. The van der Waals surface area contributed by atoms with E-state index < -0.39 is 11.9 Å². The van der Waals surface area contributed by atoms with Gasteiger partial charge in [0.15, 0.2) is 0 Å². The molecule has 2 aromatic rings. The zero-order valence-electron chi connectivity index (χ0n) is 13.4. The third-order valence-corrected chi connectivity index (χ3v) is 3.08. The van der Waals surface area contributed by atoms with Crippen LogP contribution < -0.4 is 5.32 Å². The number of hydrogen-bond acceptors (Lipinski definition) is 5. The number of benzene rings is 1. The molecule has 0 spiro atoms. The number of esters is 2. The molecule has 0 aliphatic heterocycles. The second-order valence-corrected chi connectivity index (χ2v) is 4.91. The van der Waals surface area contributed by atoms with Crippen molar-refractivity contribution in [2.24, 2.45) is 0 Å².